The molecule has 0 saturated carbocycles. The second kappa shape index (κ2) is 14.7. The van der Waals surface area contributed by atoms with Gasteiger partial charge in [0, 0.05) is 39.0 Å². The van der Waals surface area contributed by atoms with Gasteiger partial charge in [-0.25, -0.2) is 23.0 Å². The molecule has 1 saturated heterocycles. The molecule has 4 aromatic rings. The molecule has 7 rings (SSSR count). The molecule has 0 amide bonds. The largest absolute Gasteiger partial charge is 0.457 e. The zero-order chi connectivity index (χ0) is 40.2. The number of halogens is 1. The van der Waals surface area contributed by atoms with Crippen molar-refractivity contribution in [2.24, 2.45) is 4.99 Å². The normalized spacial score (nSPS) is 20.6. The molecule has 2 aromatic heterocycles. The zero-order valence-corrected chi connectivity index (χ0v) is 33.3. The predicted molar refractivity (Wildman–Crippen MR) is 207 cm³/mol. The number of amidine groups is 1. The van der Waals surface area contributed by atoms with Gasteiger partial charge in [-0.1, -0.05) is 36.7 Å². The van der Waals surface area contributed by atoms with E-state index in [4.69, 9.17) is 30.8 Å². The molecule has 3 aliphatic heterocycles. The SMILES string of the molecule is CC[C@@]1(OC(=O)CN=C(CCOC2CC(C)(C)N([O])C(C)(C)C2)NS(=O)(=O)c2ccc(Cl)cc2)C(=O)OCc2c1cc1n(c2=O)Cc2cc3ccccc3nc2-1. The average Bonchev–Trinajstić information content (AvgIpc) is 3.50. The molecule has 295 valence electrons. The van der Waals surface area contributed by atoms with Crippen LogP contribution in [0.5, 0.6) is 0 Å². The molecule has 14 nitrogen and oxygen atoms in total. The minimum atomic E-state index is -4.18. The summed E-state index contributed by atoms with van der Waals surface area (Å²) in [6, 6.07) is 16.8. The molecule has 3 aliphatic rings. The number of hydroxylamine groups is 2. The van der Waals surface area contributed by atoms with Crippen LogP contribution in [0.2, 0.25) is 5.02 Å². The van der Waals surface area contributed by atoms with Crippen LogP contribution in [0.15, 0.2) is 75.3 Å². The van der Waals surface area contributed by atoms with Gasteiger partial charge < -0.3 is 18.8 Å². The first-order valence-corrected chi connectivity index (χ1v) is 20.3. The lowest BCUT2D eigenvalue weighted by molar-refractivity contribution is -0.301. The number of sulfonamides is 1. The van der Waals surface area contributed by atoms with Crippen LogP contribution in [-0.2, 0) is 57.8 Å². The third-order valence-electron chi connectivity index (χ3n) is 10.7. The summed E-state index contributed by atoms with van der Waals surface area (Å²) in [4.78, 5) is 50.2. The van der Waals surface area contributed by atoms with E-state index in [1.54, 1.807) is 17.6 Å². The molecular formula is C40H43ClN5O9S. The van der Waals surface area contributed by atoms with E-state index in [2.05, 4.69) is 9.71 Å². The number of aliphatic imine (C=N–C) groups is 1. The van der Waals surface area contributed by atoms with Gasteiger partial charge in [0.15, 0.2) is 0 Å². The van der Waals surface area contributed by atoms with Gasteiger partial charge >= 0.3 is 11.9 Å². The number of nitrogens with zero attached hydrogens (tertiary/aromatic N) is 4. The Kier molecular flexibility index (Phi) is 10.4. The Balaban J connectivity index is 1.15. The molecule has 1 N–H and O–H groups in total. The van der Waals surface area contributed by atoms with Gasteiger partial charge in [0.25, 0.3) is 15.6 Å². The summed E-state index contributed by atoms with van der Waals surface area (Å²) >= 11 is 5.98. The number of nitrogens with one attached hydrogen (secondary N) is 1. The van der Waals surface area contributed by atoms with Crippen LogP contribution in [0, 0.1) is 0 Å². The van der Waals surface area contributed by atoms with Gasteiger partial charge in [-0.3, -0.25) is 14.5 Å². The Morgan fingerprint density at radius 2 is 1.75 bits per heavy atom. The Labute approximate surface area is 329 Å². The molecule has 5 heterocycles. The number of fused-ring (bicyclic) bond motifs is 5. The average molecular weight is 805 g/mol. The van der Waals surface area contributed by atoms with Crippen molar-refractivity contribution >= 4 is 50.3 Å². The van der Waals surface area contributed by atoms with Crippen LogP contribution in [0.4, 0.5) is 0 Å². The van der Waals surface area contributed by atoms with E-state index in [-0.39, 0.29) is 66.1 Å². The molecule has 0 spiro atoms. The minimum Gasteiger partial charge on any atom is -0.457 e. The summed E-state index contributed by atoms with van der Waals surface area (Å²) in [7, 11) is -4.18. The lowest BCUT2D eigenvalue weighted by Gasteiger charge is -2.49. The molecule has 0 unspecified atom stereocenters. The predicted octanol–water partition coefficient (Wildman–Crippen LogP) is 5.43. The number of benzene rings is 2. The molecule has 1 radical (unpaired) electrons. The molecule has 56 heavy (non-hydrogen) atoms. The Morgan fingerprint density at radius 1 is 1.05 bits per heavy atom. The topological polar surface area (TPSA) is 178 Å². The second-order valence-corrected chi connectivity index (χ2v) is 17.7. The fourth-order valence-corrected chi connectivity index (χ4v) is 9.29. The molecule has 0 bridgehead atoms. The summed E-state index contributed by atoms with van der Waals surface area (Å²) in [6.07, 6.45) is 0.506. The number of hydrogen-bond donors (Lipinski definition) is 1. The van der Waals surface area contributed by atoms with E-state index in [1.165, 1.54) is 24.3 Å². The lowest BCUT2D eigenvalue weighted by atomic mass is 9.80. The van der Waals surface area contributed by atoms with Crippen LogP contribution < -0.4 is 10.3 Å². The number of cyclic esters (lactones) is 1. The highest BCUT2D eigenvalue weighted by molar-refractivity contribution is 7.90. The standard InChI is InChI=1S/C40H43ClN5O9S/c1-6-40(30-18-32-35-25(17-24-9-7-8-10-31(24)43-35)22-45(32)36(48)29(30)23-54-37(40)49)55-34(47)21-42-33(44-56(51,52)28-13-11-26(41)12-14-28)15-16-53-27-19-38(2,3)46(50)39(4,5)20-27/h7-14,17-18,27H,6,15-16,19-23H2,1-5H3,(H,42,44)/t40-/m0/s1. The maximum absolute atomic E-state index is 13.9. The van der Waals surface area contributed by atoms with Gasteiger partial charge in [-0.15, -0.1) is 10.3 Å². The summed E-state index contributed by atoms with van der Waals surface area (Å²) in [5.41, 5.74) is -0.674. The number of rotatable bonds is 10. The fourth-order valence-electron chi connectivity index (χ4n) is 8.07. The van der Waals surface area contributed by atoms with Gasteiger partial charge in [-0.2, -0.15) is 0 Å². The van der Waals surface area contributed by atoms with Gasteiger partial charge in [0.05, 0.1) is 46.6 Å². The molecule has 1 fully saturated rings. The lowest BCUT2D eigenvalue weighted by Crippen LogP contribution is -2.59. The number of aromatic nitrogens is 2. The highest BCUT2D eigenvalue weighted by Crippen LogP contribution is 2.41. The Hall–Kier alpha value is -4.67. The number of para-hydroxylation sites is 1. The van der Waals surface area contributed by atoms with Crippen LogP contribution in [0.25, 0.3) is 22.3 Å². The number of ether oxygens (including phenoxy) is 3. The molecule has 2 aromatic carbocycles. The smallest absolute Gasteiger partial charge is 0.355 e. The number of carbonyl (C=O) groups is 2. The van der Waals surface area contributed by atoms with Crippen molar-refractivity contribution in [2.75, 3.05) is 13.2 Å². The van der Waals surface area contributed by atoms with Gasteiger partial charge in [0.1, 0.15) is 19.0 Å². The first-order valence-electron chi connectivity index (χ1n) is 18.4. The second-order valence-electron chi connectivity index (χ2n) is 15.6. The zero-order valence-electron chi connectivity index (χ0n) is 31.8. The number of hydrogen-bond acceptors (Lipinski definition) is 11. The molecule has 0 aliphatic carbocycles. The van der Waals surface area contributed by atoms with Gasteiger partial charge in [-0.05, 0) is 89.4 Å². The van der Waals surface area contributed by atoms with Crippen LogP contribution in [-0.4, -0.2) is 71.1 Å². The number of piperidine rings is 1. The summed E-state index contributed by atoms with van der Waals surface area (Å²) in [5.74, 6) is -1.90. The third-order valence-corrected chi connectivity index (χ3v) is 12.3. The molecular weight excluding hydrogens is 762 g/mol. The van der Waals surface area contributed by atoms with Crippen molar-refractivity contribution in [3.63, 3.8) is 0 Å². The first kappa shape index (κ1) is 39.6. The van der Waals surface area contributed by atoms with E-state index in [0.717, 1.165) is 21.5 Å². The minimum absolute atomic E-state index is 0.0190. The number of esters is 2. The summed E-state index contributed by atoms with van der Waals surface area (Å²) < 4.78 is 48.4. The molecule has 16 heteroatoms. The third kappa shape index (κ3) is 7.34. The maximum atomic E-state index is 13.9. The Bertz CT molecular complexity index is 2410. The van der Waals surface area contributed by atoms with E-state index in [0.29, 0.717) is 29.3 Å². The van der Waals surface area contributed by atoms with Gasteiger partial charge in [0.2, 0.25) is 5.60 Å². The quantitative estimate of drug-likeness (QED) is 0.109. The van der Waals surface area contributed by atoms with E-state index >= 15 is 0 Å². The monoisotopic (exact) mass is 804 g/mol. The highest BCUT2D eigenvalue weighted by atomic mass is 35.5. The first-order chi connectivity index (χ1) is 26.4. The van der Waals surface area contributed by atoms with Crippen LogP contribution >= 0.6 is 11.6 Å². The van der Waals surface area contributed by atoms with Crippen molar-refractivity contribution in [1.82, 2.24) is 19.3 Å². The van der Waals surface area contributed by atoms with Crippen molar-refractivity contribution in [3.05, 3.63) is 92.7 Å². The van der Waals surface area contributed by atoms with Crippen molar-refractivity contribution in [3.8, 4) is 11.4 Å². The van der Waals surface area contributed by atoms with Crippen molar-refractivity contribution in [2.45, 2.75) is 101 Å². The summed E-state index contributed by atoms with van der Waals surface area (Å²) in [6.45, 7) is 8.35. The maximum Gasteiger partial charge on any atom is 0.355 e. The van der Waals surface area contributed by atoms with E-state index in [9.17, 15) is 28.0 Å². The van der Waals surface area contributed by atoms with Crippen LogP contribution in [0.1, 0.15) is 77.0 Å². The fraction of sp³-hybridized carbons (Fsp3) is 0.425. The summed E-state index contributed by atoms with van der Waals surface area (Å²) in [5, 5.41) is 15.2. The molecule has 1 atom stereocenters. The van der Waals surface area contributed by atoms with Crippen LogP contribution in [0.3, 0.4) is 0 Å². The van der Waals surface area contributed by atoms with E-state index < -0.39 is 45.2 Å². The van der Waals surface area contributed by atoms with Crippen molar-refractivity contribution < 1.29 is 37.4 Å². The van der Waals surface area contributed by atoms with E-state index in [1.807, 2.05) is 58.0 Å². The number of pyridine rings is 2. The Morgan fingerprint density at radius 3 is 2.45 bits per heavy atom. The van der Waals surface area contributed by atoms with Crippen molar-refractivity contribution in [1.29, 1.82) is 0 Å². The highest BCUT2D eigenvalue weighted by Gasteiger charge is 2.51. The number of carbonyl (C=O) groups excluding carboxylic acids is 2.